The second-order valence-electron chi connectivity index (χ2n) is 6.29. The van der Waals surface area contributed by atoms with Gasteiger partial charge in [0, 0.05) is 12.1 Å². The second-order valence-corrected chi connectivity index (χ2v) is 6.29. The molecule has 1 N–H and O–H groups in total. The Bertz CT molecular complexity index is 553. The summed E-state index contributed by atoms with van der Waals surface area (Å²) in [5.74, 6) is 0.346. The number of carbonyl (C=O) groups is 2. The molecule has 1 aromatic carbocycles. The van der Waals surface area contributed by atoms with E-state index in [-0.39, 0.29) is 18.6 Å². The fourth-order valence-corrected chi connectivity index (χ4v) is 2.95. The summed E-state index contributed by atoms with van der Waals surface area (Å²) in [5.41, 5.74) is 0.916. The highest BCUT2D eigenvalue weighted by Crippen LogP contribution is 2.29. The Morgan fingerprint density at radius 2 is 1.96 bits per heavy atom. The van der Waals surface area contributed by atoms with Crippen LogP contribution < -0.4 is 5.32 Å². The topological polar surface area (TPSA) is 55.4 Å². The van der Waals surface area contributed by atoms with E-state index in [4.69, 9.17) is 4.74 Å². The van der Waals surface area contributed by atoms with Crippen molar-refractivity contribution >= 4 is 18.0 Å². The van der Waals surface area contributed by atoms with Crippen molar-refractivity contribution in [2.45, 2.75) is 39.2 Å². The molecule has 1 amide bonds. The number of nitrogens with one attached hydrogen (secondary N) is 1. The number of hydrogen-bond donors (Lipinski definition) is 1. The number of rotatable bonds is 5. The average Bonchev–Trinajstić information content (AvgIpc) is 2.56. The van der Waals surface area contributed by atoms with E-state index in [9.17, 15) is 9.59 Å². The highest BCUT2D eigenvalue weighted by Gasteiger charge is 2.28. The summed E-state index contributed by atoms with van der Waals surface area (Å²) >= 11 is 0. The zero-order valence-electron chi connectivity index (χ0n) is 13.8. The molecule has 124 valence electrons. The maximum atomic E-state index is 11.9. The Morgan fingerprint density at radius 1 is 1.22 bits per heavy atom. The van der Waals surface area contributed by atoms with Crippen molar-refractivity contribution in [3.05, 3.63) is 42.0 Å². The van der Waals surface area contributed by atoms with E-state index in [0.717, 1.165) is 18.4 Å². The summed E-state index contributed by atoms with van der Waals surface area (Å²) in [7, 11) is 0. The van der Waals surface area contributed by atoms with E-state index in [2.05, 4.69) is 19.2 Å². The quantitative estimate of drug-likeness (QED) is 0.670. The summed E-state index contributed by atoms with van der Waals surface area (Å²) < 4.78 is 4.99. The van der Waals surface area contributed by atoms with Gasteiger partial charge < -0.3 is 10.1 Å². The van der Waals surface area contributed by atoms with E-state index in [1.807, 2.05) is 30.3 Å². The lowest BCUT2D eigenvalue weighted by molar-refractivity contribution is -0.144. The Kier molecular flexibility index (Phi) is 6.39. The maximum absolute atomic E-state index is 11.9. The number of amides is 1. The van der Waals surface area contributed by atoms with Gasteiger partial charge in [0.25, 0.3) is 5.91 Å². The summed E-state index contributed by atoms with van der Waals surface area (Å²) in [6.07, 6.45) is 6.36. The van der Waals surface area contributed by atoms with Crippen LogP contribution in [0, 0.1) is 11.8 Å². The number of benzene rings is 1. The number of ether oxygens (including phenoxy) is 1. The first-order chi connectivity index (χ1) is 11.1. The smallest absolute Gasteiger partial charge is 0.331 e. The second kappa shape index (κ2) is 8.51. The fourth-order valence-electron chi connectivity index (χ4n) is 2.95. The third-order valence-electron chi connectivity index (χ3n) is 4.61. The Morgan fingerprint density at radius 3 is 2.70 bits per heavy atom. The SMILES string of the molecule is C[C@@H]1[C@H](C)CCC[C@@H]1NC(=O)COC(=O)/C=C/c1ccccc1. The van der Waals surface area contributed by atoms with Crippen LogP contribution >= 0.6 is 0 Å². The molecule has 23 heavy (non-hydrogen) atoms. The molecule has 0 heterocycles. The molecule has 1 aliphatic rings. The zero-order chi connectivity index (χ0) is 16.7. The molecule has 0 aliphatic heterocycles. The van der Waals surface area contributed by atoms with Gasteiger partial charge in [0.1, 0.15) is 0 Å². The molecule has 0 saturated heterocycles. The van der Waals surface area contributed by atoms with E-state index in [1.54, 1.807) is 6.08 Å². The molecule has 1 fully saturated rings. The molecule has 0 bridgehead atoms. The van der Waals surface area contributed by atoms with Crippen molar-refractivity contribution in [3.63, 3.8) is 0 Å². The van der Waals surface area contributed by atoms with Crippen LogP contribution in [0.1, 0.15) is 38.7 Å². The Balaban J connectivity index is 1.73. The number of hydrogen-bond acceptors (Lipinski definition) is 3. The largest absolute Gasteiger partial charge is 0.452 e. The molecular weight excluding hydrogens is 290 g/mol. The third kappa shape index (κ3) is 5.55. The van der Waals surface area contributed by atoms with Gasteiger partial charge in [-0.25, -0.2) is 4.79 Å². The minimum absolute atomic E-state index is 0.185. The van der Waals surface area contributed by atoms with Gasteiger partial charge >= 0.3 is 5.97 Å². The van der Waals surface area contributed by atoms with Gasteiger partial charge in [0.05, 0.1) is 0 Å². The molecule has 1 saturated carbocycles. The lowest BCUT2D eigenvalue weighted by atomic mass is 9.78. The van der Waals surface area contributed by atoms with Gasteiger partial charge in [0.15, 0.2) is 6.61 Å². The lowest BCUT2D eigenvalue weighted by Gasteiger charge is -2.34. The average molecular weight is 315 g/mol. The molecule has 3 atom stereocenters. The maximum Gasteiger partial charge on any atom is 0.331 e. The first-order valence-corrected chi connectivity index (χ1v) is 8.25. The van der Waals surface area contributed by atoms with E-state index in [0.29, 0.717) is 11.8 Å². The van der Waals surface area contributed by atoms with Gasteiger partial charge in [-0.05, 0) is 29.9 Å². The van der Waals surface area contributed by atoms with Crippen molar-refractivity contribution in [2.24, 2.45) is 11.8 Å². The minimum atomic E-state index is -0.505. The number of carbonyl (C=O) groups excluding carboxylic acids is 2. The third-order valence-corrected chi connectivity index (χ3v) is 4.61. The predicted molar refractivity (Wildman–Crippen MR) is 90.5 cm³/mol. The highest BCUT2D eigenvalue weighted by molar-refractivity contribution is 5.89. The first kappa shape index (κ1) is 17.3. The molecule has 2 rings (SSSR count). The van der Waals surface area contributed by atoms with Crippen LogP contribution in [-0.4, -0.2) is 24.5 Å². The van der Waals surface area contributed by atoms with Crippen molar-refractivity contribution in [1.82, 2.24) is 5.32 Å². The van der Waals surface area contributed by atoms with E-state index >= 15 is 0 Å². The fraction of sp³-hybridized carbons (Fsp3) is 0.474. The van der Waals surface area contributed by atoms with Crippen molar-refractivity contribution < 1.29 is 14.3 Å². The van der Waals surface area contributed by atoms with Crippen molar-refractivity contribution in [3.8, 4) is 0 Å². The van der Waals surface area contributed by atoms with Gasteiger partial charge in [0.2, 0.25) is 0 Å². The van der Waals surface area contributed by atoms with Crippen LogP contribution in [-0.2, 0) is 14.3 Å². The molecule has 1 aromatic rings. The van der Waals surface area contributed by atoms with E-state index < -0.39 is 5.97 Å². The predicted octanol–water partition coefficient (Wildman–Crippen LogP) is 3.18. The molecule has 1 aliphatic carbocycles. The summed E-state index contributed by atoms with van der Waals surface area (Å²) in [5, 5.41) is 2.99. The van der Waals surface area contributed by atoms with Gasteiger partial charge in [-0.3, -0.25) is 4.79 Å². The van der Waals surface area contributed by atoms with Gasteiger partial charge in [-0.15, -0.1) is 0 Å². The highest BCUT2D eigenvalue weighted by atomic mass is 16.5. The van der Waals surface area contributed by atoms with Crippen LogP contribution in [0.15, 0.2) is 36.4 Å². The molecule has 0 spiro atoms. The molecule has 0 aromatic heterocycles. The monoisotopic (exact) mass is 315 g/mol. The zero-order valence-corrected chi connectivity index (χ0v) is 13.8. The number of esters is 1. The van der Waals surface area contributed by atoms with E-state index in [1.165, 1.54) is 12.5 Å². The first-order valence-electron chi connectivity index (χ1n) is 8.25. The molecule has 4 nitrogen and oxygen atoms in total. The van der Waals surface area contributed by atoms with Crippen molar-refractivity contribution in [1.29, 1.82) is 0 Å². The van der Waals surface area contributed by atoms with Crippen LogP contribution in [0.3, 0.4) is 0 Å². The van der Waals surface area contributed by atoms with Crippen LogP contribution in [0.5, 0.6) is 0 Å². The molecule has 4 heteroatoms. The normalized spacial score (nSPS) is 24.3. The lowest BCUT2D eigenvalue weighted by Crippen LogP contribution is -2.45. The van der Waals surface area contributed by atoms with Crippen LogP contribution in [0.4, 0.5) is 0 Å². The molecular formula is C19H25NO3. The van der Waals surface area contributed by atoms with Crippen LogP contribution in [0.2, 0.25) is 0 Å². The standard InChI is InChI=1S/C19H25NO3/c1-14-7-6-10-17(15(14)2)20-18(21)13-23-19(22)12-11-16-8-4-3-5-9-16/h3-5,8-9,11-12,14-15,17H,6-7,10,13H2,1-2H3,(H,20,21)/b12-11+/t14-,15-,17+/m1/s1. The van der Waals surface area contributed by atoms with Crippen molar-refractivity contribution in [2.75, 3.05) is 6.61 Å². The molecule has 0 unspecified atom stereocenters. The Hall–Kier alpha value is -2.10. The molecule has 0 radical (unpaired) electrons. The Labute approximate surface area is 137 Å². The van der Waals surface area contributed by atoms with Crippen LogP contribution in [0.25, 0.3) is 6.08 Å². The summed E-state index contributed by atoms with van der Waals surface area (Å²) in [4.78, 5) is 23.6. The summed E-state index contributed by atoms with van der Waals surface area (Å²) in [6, 6.07) is 9.66. The minimum Gasteiger partial charge on any atom is -0.452 e. The summed E-state index contributed by atoms with van der Waals surface area (Å²) in [6.45, 7) is 4.16. The van der Waals surface area contributed by atoms with Gasteiger partial charge in [-0.2, -0.15) is 0 Å². The van der Waals surface area contributed by atoms with Gasteiger partial charge in [-0.1, -0.05) is 57.0 Å².